The van der Waals surface area contributed by atoms with E-state index in [4.69, 9.17) is 9.47 Å². The molecular formula is C26H26BrN3O4. The number of anilines is 1. The number of benzene rings is 3. The summed E-state index contributed by atoms with van der Waals surface area (Å²) in [6.45, 7) is 6.06. The molecule has 0 heterocycles. The molecule has 0 spiro atoms. The second-order valence-corrected chi connectivity index (χ2v) is 8.42. The Bertz CT molecular complexity index is 1190. The summed E-state index contributed by atoms with van der Waals surface area (Å²) >= 11 is 3.34. The third-order valence-corrected chi connectivity index (χ3v) is 5.30. The number of nitrogens with zero attached hydrogens (tertiary/aromatic N) is 1. The topological polar surface area (TPSA) is 89.0 Å². The van der Waals surface area contributed by atoms with E-state index in [0.29, 0.717) is 29.2 Å². The van der Waals surface area contributed by atoms with Gasteiger partial charge in [-0.2, -0.15) is 5.10 Å². The van der Waals surface area contributed by atoms with Crippen LogP contribution in [0.1, 0.15) is 34.0 Å². The first-order valence-corrected chi connectivity index (χ1v) is 11.5. The number of amides is 2. The van der Waals surface area contributed by atoms with Crippen molar-refractivity contribution in [3.8, 4) is 11.5 Å². The quantitative estimate of drug-likeness (QED) is 0.296. The molecule has 176 valence electrons. The van der Waals surface area contributed by atoms with Gasteiger partial charge in [0.2, 0.25) is 0 Å². The molecule has 0 radical (unpaired) electrons. The first kappa shape index (κ1) is 25.0. The Hall–Kier alpha value is -3.65. The lowest BCUT2D eigenvalue weighted by molar-refractivity contribution is -0.118. The Kier molecular flexibility index (Phi) is 8.81. The molecule has 34 heavy (non-hydrogen) atoms. The Morgan fingerprint density at radius 1 is 0.971 bits per heavy atom. The Balaban J connectivity index is 1.60. The number of hydrazone groups is 1. The van der Waals surface area contributed by atoms with Crippen molar-refractivity contribution in [2.24, 2.45) is 5.10 Å². The van der Waals surface area contributed by atoms with Gasteiger partial charge in [-0.1, -0.05) is 33.6 Å². The average Bonchev–Trinajstić information content (AvgIpc) is 2.81. The van der Waals surface area contributed by atoms with E-state index in [1.54, 1.807) is 42.5 Å². The van der Waals surface area contributed by atoms with Crippen molar-refractivity contribution in [2.75, 3.05) is 18.5 Å². The molecule has 0 aromatic heterocycles. The molecule has 0 bridgehead atoms. The maximum absolute atomic E-state index is 12.4. The summed E-state index contributed by atoms with van der Waals surface area (Å²) in [4.78, 5) is 24.5. The van der Waals surface area contributed by atoms with E-state index in [1.165, 1.54) is 6.21 Å². The number of halogens is 1. The first-order valence-electron chi connectivity index (χ1n) is 10.7. The molecule has 3 aromatic carbocycles. The third kappa shape index (κ3) is 7.18. The summed E-state index contributed by atoms with van der Waals surface area (Å²) in [7, 11) is 0. The molecule has 0 aliphatic rings. The fourth-order valence-electron chi connectivity index (χ4n) is 3.11. The first-order chi connectivity index (χ1) is 16.4. The molecule has 3 rings (SSSR count). The van der Waals surface area contributed by atoms with Gasteiger partial charge in [0.1, 0.15) is 0 Å². The molecule has 2 amide bonds. The van der Waals surface area contributed by atoms with Crippen molar-refractivity contribution in [2.45, 2.75) is 20.8 Å². The molecule has 0 fully saturated rings. The number of rotatable bonds is 9. The van der Waals surface area contributed by atoms with E-state index >= 15 is 0 Å². The zero-order valence-electron chi connectivity index (χ0n) is 19.2. The van der Waals surface area contributed by atoms with Crippen LogP contribution in [-0.4, -0.2) is 31.2 Å². The minimum atomic E-state index is -0.316. The second kappa shape index (κ2) is 12.0. The van der Waals surface area contributed by atoms with Gasteiger partial charge >= 0.3 is 0 Å². The number of nitrogens with one attached hydrogen (secondary N) is 2. The zero-order chi connectivity index (χ0) is 24.5. The molecule has 7 nitrogen and oxygen atoms in total. The van der Waals surface area contributed by atoms with E-state index < -0.39 is 0 Å². The standard InChI is InChI=1S/C26H26BrN3O4/c1-4-33-24-14-19(15-28-30-26(32)20-7-9-21(27)10-8-20)6-12-23(24)34-16-25(31)29-22-11-5-17(2)13-18(22)3/h5-15H,4,16H2,1-3H3,(H,29,31)(H,30,32)/b28-15+. The van der Waals surface area contributed by atoms with Crippen molar-refractivity contribution in [3.05, 3.63) is 87.4 Å². The van der Waals surface area contributed by atoms with E-state index in [9.17, 15) is 9.59 Å². The number of hydrogen-bond acceptors (Lipinski definition) is 5. The van der Waals surface area contributed by atoms with Crippen molar-refractivity contribution in [1.29, 1.82) is 0 Å². The summed E-state index contributed by atoms with van der Waals surface area (Å²) in [6.07, 6.45) is 1.51. The molecule has 0 aliphatic carbocycles. The van der Waals surface area contributed by atoms with Crippen LogP contribution in [0.4, 0.5) is 5.69 Å². The van der Waals surface area contributed by atoms with Crippen LogP contribution < -0.4 is 20.2 Å². The van der Waals surface area contributed by atoms with E-state index in [2.05, 4.69) is 31.8 Å². The van der Waals surface area contributed by atoms with Crippen molar-refractivity contribution < 1.29 is 19.1 Å². The van der Waals surface area contributed by atoms with Crippen LogP contribution in [0.2, 0.25) is 0 Å². The fourth-order valence-corrected chi connectivity index (χ4v) is 3.37. The lowest BCUT2D eigenvalue weighted by atomic mass is 10.1. The van der Waals surface area contributed by atoms with E-state index in [1.807, 2.05) is 39.0 Å². The zero-order valence-corrected chi connectivity index (χ0v) is 20.8. The highest BCUT2D eigenvalue weighted by Gasteiger charge is 2.10. The van der Waals surface area contributed by atoms with Gasteiger partial charge in [-0.05, 0) is 80.4 Å². The maximum Gasteiger partial charge on any atom is 0.271 e. The minimum absolute atomic E-state index is 0.163. The Morgan fingerprint density at radius 2 is 1.74 bits per heavy atom. The highest BCUT2D eigenvalue weighted by atomic mass is 79.9. The van der Waals surface area contributed by atoms with Gasteiger partial charge in [0.15, 0.2) is 18.1 Å². The van der Waals surface area contributed by atoms with Crippen LogP contribution in [0.25, 0.3) is 0 Å². The van der Waals surface area contributed by atoms with Gasteiger partial charge in [0.05, 0.1) is 12.8 Å². The SMILES string of the molecule is CCOc1cc(/C=N/NC(=O)c2ccc(Br)cc2)ccc1OCC(=O)Nc1ccc(C)cc1C. The fraction of sp³-hybridized carbons (Fsp3) is 0.192. The predicted molar refractivity (Wildman–Crippen MR) is 137 cm³/mol. The van der Waals surface area contributed by atoms with Crippen LogP contribution in [0.5, 0.6) is 11.5 Å². The van der Waals surface area contributed by atoms with Crippen LogP contribution in [-0.2, 0) is 4.79 Å². The molecule has 0 saturated carbocycles. The molecular weight excluding hydrogens is 498 g/mol. The number of ether oxygens (including phenoxy) is 2. The molecule has 0 aliphatic heterocycles. The summed E-state index contributed by atoms with van der Waals surface area (Å²) in [6, 6.07) is 18.0. The number of hydrogen-bond donors (Lipinski definition) is 2. The predicted octanol–water partition coefficient (Wildman–Crippen LogP) is 5.25. The summed E-state index contributed by atoms with van der Waals surface area (Å²) < 4.78 is 12.2. The van der Waals surface area contributed by atoms with Gasteiger partial charge < -0.3 is 14.8 Å². The minimum Gasteiger partial charge on any atom is -0.490 e. The largest absolute Gasteiger partial charge is 0.490 e. The number of carbonyl (C=O) groups is 2. The lowest BCUT2D eigenvalue weighted by Crippen LogP contribution is -2.21. The Labute approximate surface area is 207 Å². The van der Waals surface area contributed by atoms with Gasteiger partial charge in [-0.25, -0.2) is 5.43 Å². The number of carbonyl (C=O) groups excluding carboxylic acids is 2. The van der Waals surface area contributed by atoms with E-state index in [-0.39, 0.29) is 18.4 Å². The number of aryl methyl sites for hydroxylation is 2. The van der Waals surface area contributed by atoms with Gasteiger partial charge in [-0.15, -0.1) is 0 Å². The third-order valence-electron chi connectivity index (χ3n) is 4.77. The monoisotopic (exact) mass is 523 g/mol. The molecule has 0 saturated heterocycles. The van der Waals surface area contributed by atoms with Gasteiger partial charge in [0.25, 0.3) is 11.8 Å². The van der Waals surface area contributed by atoms with E-state index in [0.717, 1.165) is 21.3 Å². The van der Waals surface area contributed by atoms with Crippen LogP contribution >= 0.6 is 15.9 Å². The van der Waals surface area contributed by atoms with Crippen LogP contribution in [0.3, 0.4) is 0 Å². The van der Waals surface area contributed by atoms with Crippen LogP contribution in [0, 0.1) is 13.8 Å². The molecule has 2 N–H and O–H groups in total. The maximum atomic E-state index is 12.4. The molecule has 3 aromatic rings. The smallest absolute Gasteiger partial charge is 0.271 e. The second-order valence-electron chi connectivity index (χ2n) is 7.50. The Morgan fingerprint density at radius 3 is 2.44 bits per heavy atom. The highest BCUT2D eigenvalue weighted by molar-refractivity contribution is 9.10. The highest BCUT2D eigenvalue weighted by Crippen LogP contribution is 2.28. The molecule has 0 unspecified atom stereocenters. The van der Waals surface area contributed by atoms with Crippen LogP contribution in [0.15, 0.2) is 70.2 Å². The van der Waals surface area contributed by atoms with Crippen molar-refractivity contribution in [1.82, 2.24) is 5.43 Å². The summed E-state index contributed by atoms with van der Waals surface area (Å²) in [5, 5.41) is 6.87. The molecule has 8 heteroatoms. The normalized spacial score (nSPS) is 10.7. The average molecular weight is 524 g/mol. The van der Waals surface area contributed by atoms with Crippen molar-refractivity contribution >= 4 is 39.6 Å². The van der Waals surface area contributed by atoms with Crippen molar-refractivity contribution in [3.63, 3.8) is 0 Å². The molecule has 0 atom stereocenters. The lowest BCUT2D eigenvalue weighted by Gasteiger charge is -2.13. The summed E-state index contributed by atoms with van der Waals surface area (Å²) in [5.74, 6) is 0.331. The summed E-state index contributed by atoms with van der Waals surface area (Å²) in [5.41, 5.74) is 6.56. The van der Waals surface area contributed by atoms with Gasteiger partial charge in [-0.3, -0.25) is 9.59 Å². The van der Waals surface area contributed by atoms with Gasteiger partial charge in [0, 0.05) is 15.7 Å².